The lowest BCUT2D eigenvalue weighted by molar-refractivity contribution is -0.132. The van der Waals surface area contributed by atoms with Gasteiger partial charge in [-0.2, -0.15) is 4.31 Å². The molecule has 5 rings (SSSR count). The maximum Gasteiger partial charge on any atom is 0.243 e. The van der Waals surface area contributed by atoms with Crippen LogP contribution in [-0.2, 0) is 27.8 Å². The third-order valence-corrected chi connectivity index (χ3v) is 8.47. The Morgan fingerprint density at radius 2 is 1.64 bits per heavy atom. The molecule has 186 valence electrons. The molecule has 1 amide bonds. The van der Waals surface area contributed by atoms with E-state index in [4.69, 9.17) is 0 Å². The Labute approximate surface area is 210 Å². The first-order valence-corrected chi connectivity index (χ1v) is 13.5. The molecule has 0 unspecified atom stereocenters. The van der Waals surface area contributed by atoms with Gasteiger partial charge in [0.25, 0.3) is 0 Å². The molecule has 0 saturated heterocycles. The first-order valence-electron chi connectivity index (χ1n) is 12.1. The van der Waals surface area contributed by atoms with Crippen LogP contribution >= 0.6 is 0 Å². The number of hydrogen-bond donors (Lipinski definition) is 1. The largest absolute Gasteiger partial charge is 0.361 e. The summed E-state index contributed by atoms with van der Waals surface area (Å²) in [5, 5.41) is 1.11. The predicted molar refractivity (Wildman–Crippen MR) is 137 cm³/mol. The molecule has 1 aliphatic carbocycles. The van der Waals surface area contributed by atoms with E-state index in [1.807, 2.05) is 54.7 Å². The number of nitrogens with zero attached hydrogens (tertiary/aromatic N) is 2. The minimum atomic E-state index is -3.93. The lowest BCUT2D eigenvalue weighted by Gasteiger charge is -2.27. The summed E-state index contributed by atoms with van der Waals surface area (Å²) in [5.74, 6) is -0.759. The molecule has 0 radical (unpaired) electrons. The highest BCUT2D eigenvalue weighted by Gasteiger charge is 2.40. The molecule has 1 fully saturated rings. The summed E-state index contributed by atoms with van der Waals surface area (Å²) in [7, 11) is -3.93. The van der Waals surface area contributed by atoms with Crippen LogP contribution in [0, 0.1) is 5.82 Å². The molecule has 0 spiro atoms. The van der Waals surface area contributed by atoms with E-state index in [-0.39, 0.29) is 23.4 Å². The van der Waals surface area contributed by atoms with Crippen molar-refractivity contribution in [2.75, 3.05) is 13.1 Å². The SMILES string of the molecule is O=C(CN(C1CC1)S(=O)(=O)c1ccc(F)cc1)N(CCc1c[nH]c2ccccc12)Cc1ccccc1. The van der Waals surface area contributed by atoms with Crippen LogP contribution in [0.15, 0.2) is 90.0 Å². The van der Waals surface area contributed by atoms with Gasteiger partial charge in [0.1, 0.15) is 5.82 Å². The lowest BCUT2D eigenvalue weighted by atomic mass is 10.1. The van der Waals surface area contributed by atoms with Crippen molar-refractivity contribution in [3.63, 3.8) is 0 Å². The highest BCUT2D eigenvalue weighted by molar-refractivity contribution is 7.89. The summed E-state index contributed by atoms with van der Waals surface area (Å²) in [5.41, 5.74) is 3.12. The summed E-state index contributed by atoms with van der Waals surface area (Å²) in [6.07, 6.45) is 4.02. The highest BCUT2D eigenvalue weighted by Crippen LogP contribution is 2.32. The third-order valence-electron chi connectivity index (χ3n) is 6.56. The topological polar surface area (TPSA) is 73.5 Å². The number of amides is 1. The third kappa shape index (κ3) is 5.34. The van der Waals surface area contributed by atoms with Gasteiger partial charge < -0.3 is 9.88 Å². The molecule has 3 aromatic carbocycles. The molecule has 0 aliphatic heterocycles. The van der Waals surface area contributed by atoms with Gasteiger partial charge in [-0.25, -0.2) is 12.8 Å². The number of para-hydroxylation sites is 1. The molecule has 4 aromatic rings. The number of carbonyl (C=O) groups is 1. The van der Waals surface area contributed by atoms with Crippen molar-refractivity contribution >= 4 is 26.8 Å². The molecule has 8 heteroatoms. The van der Waals surface area contributed by atoms with Gasteiger partial charge in [0.05, 0.1) is 11.4 Å². The summed E-state index contributed by atoms with van der Waals surface area (Å²) in [6, 6.07) is 22.3. The first kappa shape index (κ1) is 24.2. The zero-order valence-electron chi connectivity index (χ0n) is 19.8. The van der Waals surface area contributed by atoms with Crippen molar-refractivity contribution in [3.05, 3.63) is 102 Å². The summed E-state index contributed by atoms with van der Waals surface area (Å²) in [4.78, 5) is 18.6. The maximum absolute atomic E-state index is 13.6. The molecule has 1 saturated carbocycles. The second-order valence-corrected chi connectivity index (χ2v) is 11.0. The number of H-pyrrole nitrogens is 1. The Morgan fingerprint density at radius 3 is 2.36 bits per heavy atom. The quantitative estimate of drug-likeness (QED) is 0.339. The number of fused-ring (bicyclic) bond motifs is 1. The van der Waals surface area contributed by atoms with Crippen molar-refractivity contribution in [2.24, 2.45) is 0 Å². The number of carbonyl (C=O) groups excluding carboxylic acids is 1. The van der Waals surface area contributed by atoms with Gasteiger partial charge >= 0.3 is 0 Å². The monoisotopic (exact) mass is 505 g/mol. The van der Waals surface area contributed by atoms with Crippen LogP contribution in [0.4, 0.5) is 4.39 Å². The van der Waals surface area contributed by atoms with Crippen molar-refractivity contribution in [2.45, 2.75) is 36.7 Å². The fraction of sp³-hybridized carbons (Fsp3) is 0.250. The van der Waals surface area contributed by atoms with E-state index in [1.54, 1.807) is 4.90 Å². The smallest absolute Gasteiger partial charge is 0.243 e. The average Bonchev–Trinajstić information content (AvgIpc) is 3.65. The second-order valence-electron chi connectivity index (χ2n) is 9.15. The molecule has 1 heterocycles. The Bertz CT molecular complexity index is 1450. The Kier molecular flexibility index (Phi) is 6.89. The standard InChI is InChI=1S/C28H28FN3O3S/c29-23-10-14-25(15-11-23)36(34,35)32(24-12-13-24)20-28(33)31(19-21-6-2-1-3-7-21)17-16-22-18-30-27-9-5-4-8-26(22)27/h1-11,14-15,18,24,30H,12-13,16-17,19-20H2. The number of aromatic nitrogens is 1. The van der Waals surface area contributed by atoms with E-state index in [1.165, 1.54) is 16.4 Å². The normalized spacial score (nSPS) is 13.8. The van der Waals surface area contributed by atoms with Gasteiger partial charge in [-0.05, 0) is 60.7 Å². The number of nitrogens with one attached hydrogen (secondary N) is 1. The van der Waals surface area contributed by atoms with E-state index < -0.39 is 15.8 Å². The van der Waals surface area contributed by atoms with Gasteiger partial charge in [-0.1, -0.05) is 48.5 Å². The molecule has 1 N–H and O–H groups in total. The zero-order valence-corrected chi connectivity index (χ0v) is 20.6. The van der Waals surface area contributed by atoms with E-state index >= 15 is 0 Å². The molecule has 6 nitrogen and oxygen atoms in total. The van der Waals surface area contributed by atoms with Gasteiger partial charge in [0, 0.05) is 36.2 Å². The second kappa shape index (κ2) is 10.2. The average molecular weight is 506 g/mol. The minimum Gasteiger partial charge on any atom is -0.361 e. The van der Waals surface area contributed by atoms with E-state index in [9.17, 15) is 17.6 Å². The molecule has 1 aromatic heterocycles. The van der Waals surface area contributed by atoms with Crippen molar-refractivity contribution < 1.29 is 17.6 Å². The van der Waals surface area contributed by atoms with Crippen LogP contribution in [-0.4, -0.2) is 47.6 Å². The van der Waals surface area contributed by atoms with Crippen LogP contribution in [0.1, 0.15) is 24.0 Å². The summed E-state index contributed by atoms with van der Waals surface area (Å²) >= 11 is 0. The number of hydrogen-bond acceptors (Lipinski definition) is 3. The number of sulfonamides is 1. The number of aromatic amines is 1. The zero-order chi connectivity index (χ0) is 25.1. The molecule has 0 bridgehead atoms. The molecular weight excluding hydrogens is 477 g/mol. The molecule has 1 aliphatic rings. The van der Waals surface area contributed by atoms with E-state index in [2.05, 4.69) is 11.1 Å². The van der Waals surface area contributed by atoms with Gasteiger partial charge in [0.15, 0.2) is 0 Å². The van der Waals surface area contributed by atoms with E-state index in [0.717, 1.165) is 34.2 Å². The van der Waals surface area contributed by atoms with Gasteiger partial charge in [-0.3, -0.25) is 4.79 Å². The van der Waals surface area contributed by atoms with Crippen molar-refractivity contribution in [1.29, 1.82) is 0 Å². The lowest BCUT2D eigenvalue weighted by Crippen LogP contribution is -2.44. The van der Waals surface area contributed by atoms with E-state index in [0.29, 0.717) is 32.4 Å². The van der Waals surface area contributed by atoms with Crippen LogP contribution in [0.3, 0.4) is 0 Å². The Hall–Kier alpha value is -3.49. The Balaban J connectivity index is 1.37. The van der Waals surface area contributed by atoms with Crippen LogP contribution in [0.2, 0.25) is 0 Å². The van der Waals surface area contributed by atoms with Gasteiger partial charge in [0.2, 0.25) is 15.9 Å². The van der Waals surface area contributed by atoms with Gasteiger partial charge in [-0.15, -0.1) is 0 Å². The fourth-order valence-electron chi connectivity index (χ4n) is 4.44. The number of rotatable bonds is 10. The highest BCUT2D eigenvalue weighted by atomic mass is 32.2. The number of halogens is 1. The Morgan fingerprint density at radius 1 is 0.944 bits per heavy atom. The summed E-state index contributed by atoms with van der Waals surface area (Å²) < 4.78 is 41.4. The van der Waals surface area contributed by atoms with Crippen molar-refractivity contribution in [3.8, 4) is 0 Å². The van der Waals surface area contributed by atoms with Crippen molar-refractivity contribution in [1.82, 2.24) is 14.2 Å². The maximum atomic E-state index is 13.6. The number of benzene rings is 3. The molecular formula is C28H28FN3O3S. The molecule has 36 heavy (non-hydrogen) atoms. The van der Waals surface area contributed by atoms with Crippen LogP contribution in [0.5, 0.6) is 0 Å². The van der Waals surface area contributed by atoms with Crippen LogP contribution < -0.4 is 0 Å². The predicted octanol–water partition coefficient (Wildman–Crippen LogP) is 4.73. The fourth-order valence-corrected chi connectivity index (χ4v) is 6.07. The molecule has 0 atom stereocenters. The van der Waals surface area contributed by atoms with Crippen LogP contribution in [0.25, 0.3) is 10.9 Å². The first-order chi connectivity index (χ1) is 17.4. The minimum absolute atomic E-state index is 0.00278. The summed E-state index contributed by atoms with van der Waals surface area (Å²) in [6.45, 7) is 0.590.